The summed E-state index contributed by atoms with van der Waals surface area (Å²) in [5, 5.41) is 6.67. The van der Waals surface area contributed by atoms with Crippen molar-refractivity contribution < 1.29 is 19.2 Å². The average Bonchev–Trinajstić information content (AvgIpc) is 2.86. The Hall–Kier alpha value is -4.32. The van der Waals surface area contributed by atoms with Crippen LogP contribution in [-0.2, 0) is 0 Å². The van der Waals surface area contributed by atoms with E-state index in [0.717, 1.165) is 37.2 Å². The summed E-state index contributed by atoms with van der Waals surface area (Å²) < 4.78 is 0. The minimum atomic E-state index is -0.315. The lowest BCUT2D eigenvalue weighted by molar-refractivity contribution is 0.0605. The number of carbonyl (C=O) groups excluding carboxylic acids is 4. The van der Waals surface area contributed by atoms with E-state index in [-0.39, 0.29) is 23.6 Å². The van der Waals surface area contributed by atoms with Gasteiger partial charge in [-0.05, 0) is 63.0 Å². The second-order valence-electron chi connectivity index (χ2n) is 9.07. The van der Waals surface area contributed by atoms with Crippen LogP contribution in [0, 0.1) is 0 Å². The minimum Gasteiger partial charge on any atom is -0.277 e. The molecular weight excluding hydrogens is 428 g/mol. The SMILES string of the molecule is CCCN1C(=O)c2ccc3c4ccc5c6c(ccc(c7ccc(c2c37)C1=O)c64)C(=O)N(C)C5=O. The highest BCUT2D eigenvalue weighted by Gasteiger charge is 2.35. The molecule has 6 nitrogen and oxygen atoms in total. The molecule has 0 unspecified atom stereocenters. The van der Waals surface area contributed by atoms with Gasteiger partial charge in [-0.1, -0.05) is 31.2 Å². The molecule has 0 aliphatic carbocycles. The second-order valence-corrected chi connectivity index (χ2v) is 9.07. The first-order valence-electron chi connectivity index (χ1n) is 11.3. The van der Waals surface area contributed by atoms with E-state index in [1.165, 1.54) is 11.9 Å². The third-order valence-electron chi connectivity index (χ3n) is 7.37. The van der Waals surface area contributed by atoms with E-state index < -0.39 is 0 Å². The van der Waals surface area contributed by atoms with Crippen molar-refractivity contribution in [2.45, 2.75) is 13.3 Å². The van der Waals surface area contributed by atoms with Crippen molar-refractivity contribution in [3.63, 3.8) is 0 Å². The molecule has 0 radical (unpaired) electrons. The van der Waals surface area contributed by atoms with Gasteiger partial charge in [0.15, 0.2) is 0 Å². The molecule has 0 atom stereocenters. The van der Waals surface area contributed by atoms with E-state index >= 15 is 0 Å². The Labute approximate surface area is 193 Å². The lowest BCUT2D eigenvalue weighted by Gasteiger charge is -2.29. The Morgan fingerprint density at radius 1 is 0.529 bits per heavy atom. The number of fused-ring (bicyclic) bond motifs is 2. The highest BCUT2D eigenvalue weighted by molar-refractivity contribution is 6.41. The van der Waals surface area contributed by atoms with Crippen LogP contribution in [0.15, 0.2) is 48.5 Å². The zero-order chi connectivity index (χ0) is 23.5. The molecule has 6 heteroatoms. The molecule has 5 aromatic rings. The molecule has 4 amide bonds. The van der Waals surface area contributed by atoms with Crippen molar-refractivity contribution in [2.24, 2.45) is 0 Å². The van der Waals surface area contributed by atoms with E-state index in [0.29, 0.717) is 46.0 Å². The van der Waals surface area contributed by atoms with Gasteiger partial charge in [0.05, 0.1) is 0 Å². The van der Waals surface area contributed by atoms with Crippen LogP contribution in [-0.4, -0.2) is 47.0 Å². The molecule has 0 fully saturated rings. The fraction of sp³-hybridized carbons (Fsp3) is 0.143. The molecule has 0 bridgehead atoms. The highest BCUT2D eigenvalue weighted by Crippen LogP contribution is 2.46. The zero-order valence-corrected chi connectivity index (χ0v) is 18.6. The van der Waals surface area contributed by atoms with E-state index in [9.17, 15) is 19.2 Å². The van der Waals surface area contributed by atoms with Gasteiger partial charge in [-0.2, -0.15) is 0 Å². The van der Waals surface area contributed by atoms with Crippen molar-refractivity contribution in [3.05, 3.63) is 70.8 Å². The van der Waals surface area contributed by atoms with Crippen molar-refractivity contribution in [2.75, 3.05) is 13.6 Å². The number of amides is 4. The maximum absolute atomic E-state index is 13.2. The number of rotatable bonds is 2. The first-order chi connectivity index (χ1) is 16.4. The maximum atomic E-state index is 13.2. The quantitative estimate of drug-likeness (QED) is 0.218. The first kappa shape index (κ1) is 19.2. The van der Waals surface area contributed by atoms with Gasteiger partial charge in [0, 0.05) is 46.6 Å². The number of imide groups is 2. The molecular formula is C28H18N2O4. The monoisotopic (exact) mass is 446 g/mol. The largest absolute Gasteiger partial charge is 0.277 e. The van der Waals surface area contributed by atoms with Crippen LogP contribution < -0.4 is 0 Å². The van der Waals surface area contributed by atoms with Crippen molar-refractivity contribution >= 4 is 66.7 Å². The van der Waals surface area contributed by atoms with Crippen LogP contribution >= 0.6 is 0 Å². The van der Waals surface area contributed by atoms with Gasteiger partial charge < -0.3 is 0 Å². The Bertz CT molecular complexity index is 1700. The lowest BCUT2D eigenvalue weighted by Crippen LogP contribution is -2.40. The van der Waals surface area contributed by atoms with Crippen molar-refractivity contribution in [1.82, 2.24) is 9.80 Å². The smallest absolute Gasteiger partial charge is 0.261 e. The van der Waals surface area contributed by atoms with Gasteiger partial charge in [-0.25, -0.2) is 0 Å². The first-order valence-corrected chi connectivity index (χ1v) is 11.3. The molecule has 0 saturated carbocycles. The normalized spacial score (nSPS) is 15.7. The molecule has 164 valence electrons. The number of carbonyl (C=O) groups is 4. The van der Waals surface area contributed by atoms with Gasteiger partial charge in [0.1, 0.15) is 0 Å². The number of benzene rings is 5. The summed E-state index contributed by atoms with van der Waals surface area (Å²) in [6.45, 7) is 2.32. The molecule has 0 N–H and O–H groups in total. The molecule has 2 aliphatic heterocycles. The predicted molar refractivity (Wildman–Crippen MR) is 130 cm³/mol. The Balaban J connectivity index is 1.69. The van der Waals surface area contributed by atoms with Gasteiger partial charge in [-0.15, -0.1) is 0 Å². The van der Waals surface area contributed by atoms with E-state index in [4.69, 9.17) is 0 Å². The predicted octanol–water partition coefficient (Wildman–Crippen LogP) is 4.97. The van der Waals surface area contributed by atoms with Crippen molar-refractivity contribution in [3.8, 4) is 0 Å². The van der Waals surface area contributed by atoms with Gasteiger partial charge >= 0.3 is 0 Å². The van der Waals surface area contributed by atoms with E-state index in [1.54, 1.807) is 24.3 Å². The molecule has 2 aliphatic rings. The lowest BCUT2D eigenvalue weighted by atomic mass is 9.82. The molecule has 5 aromatic carbocycles. The van der Waals surface area contributed by atoms with Crippen LogP contribution in [0.25, 0.3) is 43.1 Å². The molecule has 0 aromatic heterocycles. The summed E-state index contributed by atoms with van der Waals surface area (Å²) in [7, 11) is 1.50. The maximum Gasteiger partial charge on any atom is 0.261 e. The van der Waals surface area contributed by atoms with Gasteiger partial charge in [-0.3, -0.25) is 29.0 Å². The average molecular weight is 446 g/mol. The number of hydrogen-bond acceptors (Lipinski definition) is 4. The van der Waals surface area contributed by atoms with Gasteiger partial charge in [0.25, 0.3) is 23.6 Å². The standard InChI is InChI=1S/C28H18N2O4/c1-3-12-30-27(33)19-10-6-15-13-4-8-17-23-18(26(32)29(2)25(17)31)9-5-14(21(13)23)16-7-11-20(28(30)34)24(19)22(15)16/h4-11H,3,12H2,1-2H3. The molecule has 34 heavy (non-hydrogen) atoms. The van der Waals surface area contributed by atoms with Crippen LogP contribution in [0.4, 0.5) is 0 Å². The van der Waals surface area contributed by atoms with E-state index in [1.807, 2.05) is 31.2 Å². The summed E-state index contributed by atoms with van der Waals surface area (Å²) in [4.78, 5) is 54.7. The third-order valence-corrected chi connectivity index (χ3v) is 7.37. The van der Waals surface area contributed by atoms with Gasteiger partial charge in [0.2, 0.25) is 0 Å². The topological polar surface area (TPSA) is 74.8 Å². The highest BCUT2D eigenvalue weighted by atomic mass is 16.2. The zero-order valence-electron chi connectivity index (χ0n) is 18.6. The number of hydrogen-bond donors (Lipinski definition) is 0. The summed E-state index contributed by atoms with van der Waals surface area (Å²) in [5.41, 5.74) is 2.08. The summed E-state index contributed by atoms with van der Waals surface area (Å²) in [5.74, 6) is -1.16. The third kappa shape index (κ3) is 2.02. The van der Waals surface area contributed by atoms with Crippen molar-refractivity contribution in [1.29, 1.82) is 0 Å². The molecule has 7 rings (SSSR count). The Morgan fingerprint density at radius 2 is 0.882 bits per heavy atom. The van der Waals surface area contributed by atoms with Crippen LogP contribution in [0.5, 0.6) is 0 Å². The fourth-order valence-electron chi connectivity index (χ4n) is 5.87. The molecule has 0 saturated heterocycles. The number of nitrogens with zero attached hydrogens (tertiary/aromatic N) is 2. The molecule has 0 spiro atoms. The van der Waals surface area contributed by atoms with E-state index in [2.05, 4.69) is 0 Å². The van der Waals surface area contributed by atoms with Crippen LogP contribution in [0.1, 0.15) is 54.8 Å². The van der Waals surface area contributed by atoms with Crippen LogP contribution in [0.3, 0.4) is 0 Å². The second kappa shape index (κ2) is 6.17. The Kier molecular flexibility index (Phi) is 3.48. The minimum absolute atomic E-state index is 0.265. The summed E-state index contributed by atoms with van der Waals surface area (Å²) in [6.07, 6.45) is 0.693. The molecule has 2 heterocycles. The summed E-state index contributed by atoms with van der Waals surface area (Å²) in [6, 6.07) is 14.8. The summed E-state index contributed by atoms with van der Waals surface area (Å²) >= 11 is 0. The van der Waals surface area contributed by atoms with Crippen LogP contribution in [0.2, 0.25) is 0 Å². The Morgan fingerprint density at radius 3 is 1.24 bits per heavy atom. The fourth-order valence-corrected chi connectivity index (χ4v) is 5.87.